The Bertz CT molecular complexity index is 324. The van der Waals surface area contributed by atoms with E-state index in [1.165, 1.54) is 0 Å². The van der Waals surface area contributed by atoms with E-state index in [1.807, 2.05) is 27.7 Å². The second kappa shape index (κ2) is 6.37. The predicted octanol–water partition coefficient (Wildman–Crippen LogP) is 2.24. The first-order valence-corrected chi connectivity index (χ1v) is 6.78. The maximum absolute atomic E-state index is 12.2. The van der Waals surface area contributed by atoms with Crippen LogP contribution in [0.2, 0.25) is 0 Å². The number of rotatable bonds is 4. The fraction of sp³-hybridized carbons (Fsp3) is 0.857. The fourth-order valence-electron chi connectivity index (χ4n) is 2.48. The van der Waals surface area contributed by atoms with Gasteiger partial charge in [0.1, 0.15) is 11.9 Å². The quantitative estimate of drug-likeness (QED) is 0.736. The molecule has 0 aliphatic carbocycles. The van der Waals surface area contributed by atoms with Crippen LogP contribution in [0, 0.1) is 5.92 Å². The minimum Gasteiger partial charge on any atom is -0.444 e. The van der Waals surface area contributed by atoms with E-state index in [-0.39, 0.29) is 24.2 Å². The van der Waals surface area contributed by atoms with Gasteiger partial charge in [-0.05, 0) is 33.6 Å². The third-order valence-electron chi connectivity index (χ3n) is 3.31. The van der Waals surface area contributed by atoms with Crippen LogP contribution in [0.25, 0.3) is 0 Å². The van der Waals surface area contributed by atoms with Crippen molar-refractivity contribution in [1.29, 1.82) is 0 Å². The summed E-state index contributed by atoms with van der Waals surface area (Å²) < 4.78 is 10.8. The Hall–Kier alpha value is -1.10. The molecule has 1 aliphatic rings. The van der Waals surface area contributed by atoms with Crippen molar-refractivity contribution >= 4 is 12.4 Å². The zero-order valence-electron chi connectivity index (χ0n) is 12.5. The zero-order chi connectivity index (χ0) is 14.6. The van der Waals surface area contributed by atoms with Crippen LogP contribution in [0.1, 0.15) is 40.5 Å². The number of hydrogen-bond donors (Lipinski definition) is 0. The van der Waals surface area contributed by atoms with Crippen molar-refractivity contribution in [3.05, 3.63) is 0 Å². The molecule has 1 rings (SSSR count). The van der Waals surface area contributed by atoms with Crippen LogP contribution < -0.4 is 0 Å². The van der Waals surface area contributed by atoms with Crippen LogP contribution in [-0.4, -0.2) is 48.7 Å². The minimum atomic E-state index is -0.511. The van der Waals surface area contributed by atoms with Gasteiger partial charge in [-0.2, -0.15) is 0 Å². The van der Waals surface area contributed by atoms with Crippen LogP contribution in [0.3, 0.4) is 0 Å². The molecule has 1 saturated heterocycles. The van der Waals surface area contributed by atoms with E-state index >= 15 is 0 Å². The van der Waals surface area contributed by atoms with Crippen molar-refractivity contribution in [1.82, 2.24) is 4.90 Å². The van der Waals surface area contributed by atoms with E-state index in [0.717, 1.165) is 19.1 Å². The Labute approximate surface area is 115 Å². The first-order chi connectivity index (χ1) is 8.80. The molecule has 110 valence electrons. The number of nitrogens with zero attached hydrogens (tertiary/aromatic N) is 1. The van der Waals surface area contributed by atoms with Crippen molar-refractivity contribution in [2.24, 2.45) is 5.92 Å². The highest BCUT2D eigenvalue weighted by molar-refractivity contribution is 5.69. The number of ether oxygens (including phenoxy) is 2. The first-order valence-electron chi connectivity index (χ1n) is 6.78. The lowest BCUT2D eigenvalue weighted by molar-refractivity contribution is -0.116. The van der Waals surface area contributed by atoms with Gasteiger partial charge in [0, 0.05) is 19.6 Å². The fourth-order valence-corrected chi connectivity index (χ4v) is 2.48. The second-order valence-electron chi connectivity index (χ2n) is 6.08. The Morgan fingerprint density at radius 3 is 2.53 bits per heavy atom. The van der Waals surface area contributed by atoms with Gasteiger partial charge in [0.15, 0.2) is 0 Å². The highest BCUT2D eigenvalue weighted by Gasteiger charge is 2.39. The predicted molar refractivity (Wildman–Crippen MR) is 72.0 cm³/mol. The van der Waals surface area contributed by atoms with Gasteiger partial charge in [0.25, 0.3) is 0 Å². The van der Waals surface area contributed by atoms with Crippen LogP contribution in [-0.2, 0) is 14.3 Å². The summed E-state index contributed by atoms with van der Waals surface area (Å²) in [5.74, 6) is -0.238. The lowest BCUT2D eigenvalue weighted by Gasteiger charge is -2.33. The average molecular weight is 271 g/mol. The molecule has 0 radical (unpaired) electrons. The van der Waals surface area contributed by atoms with Crippen LogP contribution in [0.4, 0.5) is 4.79 Å². The molecule has 0 saturated carbocycles. The third kappa shape index (κ3) is 4.20. The van der Waals surface area contributed by atoms with E-state index in [1.54, 1.807) is 12.0 Å². The normalized spacial score (nSPS) is 23.0. The summed E-state index contributed by atoms with van der Waals surface area (Å²) in [6, 6.07) is -0.0833. The van der Waals surface area contributed by atoms with Gasteiger partial charge < -0.3 is 19.2 Å². The molecule has 0 aromatic rings. The van der Waals surface area contributed by atoms with E-state index in [2.05, 4.69) is 0 Å². The van der Waals surface area contributed by atoms with Crippen molar-refractivity contribution in [3.8, 4) is 0 Å². The molecule has 1 amide bonds. The maximum Gasteiger partial charge on any atom is 0.410 e. The average Bonchev–Trinajstić information content (AvgIpc) is 2.76. The standard InChI is InChI=1S/C14H25NO4/c1-10(9-16)12(18-5)11-7-6-8-15(11)13(17)19-14(2,3)4/h9-12H,6-8H2,1-5H3. The van der Waals surface area contributed by atoms with E-state index in [4.69, 9.17) is 9.47 Å². The number of aldehydes is 1. The van der Waals surface area contributed by atoms with Crippen molar-refractivity contribution < 1.29 is 19.1 Å². The molecule has 1 heterocycles. The minimum absolute atomic E-state index is 0.0833. The van der Waals surface area contributed by atoms with Gasteiger partial charge in [0.05, 0.1) is 12.1 Å². The third-order valence-corrected chi connectivity index (χ3v) is 3.31. The smallest absolute Gasteiger partial charge is 0.410 e. The highest BCUT2D eigenvalue weighted by atomic mass is 16.6. The molecule has 0 aromatic heterocycles. The zero-order valence-corrected chi connectivity index (χ0v) is 12.5. The Morgan fingerprint density at radius 1 is 1.42 bits per heavy atom. The molecule has 1 fully saturated rings. The summed E-state index contributed by atoms with van der Waals surface area (Å²) in [7, 11) is 1.58. The van der Waals surface area contributed by atoms with E-state index in [9.17, 15) is 9.59 Å². The molecule has 0 aromatic carbocycles. The molecular weight excluding hydrogens is 246 g/mol. The summed E-state index contributed by atoms with van der Waals surface area (Å²) in [4.78, 5) is 24.8. The Balaban J connectivity index is 2.77. The van der Waals surface area contributed by atoms with Gasteiger partial charge in [-0.3, -0.25) is 0 Å². The van der Waals surface area contributed by atoms with E-state index < -0.39 is 5.60 Å². The Morgan fingerprint density at radius 2 is 2.05 bits per heavy atom. The molecule has 3 unspecified atom stereocenters. The Kier molecular flexibility index (Phi) is 5.35. The molecule has 19 heavy (non-hydrogen) atoms. The molecule has 0 bridgehead atoms. The maximum atomic E-state index is 12.2. The van der Waals surface area contributed by atoms with Crippen LogP contribution in [0.15, 0.2) is 0 Å². The molecule has 0 N–H and O–H groups in total. The van der Waals surface area contributed by atoms with Crippen molar-refractivity contribution in [2.75, 3.05) is 13.7 Å². The number of methoxy groups -OCH3 is 1. The van der Waals surface area contributed by atoms with Gasteiger partial charge >= 0.3 is 6.09 Å². The number of hydrogen-bond acceptors (Lipinski definition) is 4. The SMILES string of the molecule is COC(C(C)C=O)C1CCCN1C(=O)OC(C)(C)C. The first kappa shape index (κ1) is 16.0. The number of carbonyl (C=O) groups is 2. The summed E-state index contributed by atoms with van der Waals surface area (Å²) in [5, 5.41) is 0. The molecule has 5 nitrogen and oxygen atoms in total. The molecule has 5 heteroatoms. The van der Waals surface area contributed by atoms with Crippen LogP contribution in [0.5, 0.6) is 0 Å². The number of likely N-dealkylation sites (tertiary alicyclic amines) is 1. The summed E-state index contributed by atoms with van der Waals surface area (Å²) in [6.45, 7) is 8.01. The molecular formula is C14H25NO4. The largest absolute Gasteiger partial charge is 0.444 e. The second-order valence-corrected chi connectivity index (χ2v) is 6.08. The highest BCUT2D eigenvalue weighted by Crippen LogP contribution is 2.27. The van der Waals surface area contributed by atoms with Gasteiger partial charge in [-0.1, -0.05) is 6.92 Å². The monoisotopic (exact) mass is 271 g/mol. The summed E-state index contributed by atoms with van der Waals surface area (Å²) in [5.41, 5.74) is -0.511. The van der Waals surface area contributed by atoms with Crippen molar-refractivity contribution in [2.45, 2.75) is 58.3 Å². The number of carbonyl (C=O) groups excluding carboxylic acids is 2. The lowest BCUT2D eigenvalue weighted by atomic mass is 9.97. The molecule has 1 aliphatic heterocycles. The lowest BCUT2D eigenvalue weighted by Crippen LogP contribution is -2.48. The van der Waals surface area contributed by atoms with Crippen LogP contribution >= 0.6 is 0 Å². The van der Waals surface area contributed by atoms with Gasteiger partial charge in [-0.25, -0.2) is 4.79 Å². The number of amides is 1. The van der Waals surface area contributed by atoms with Crippen molar-refractivity contribution in [3.63, 3.8) is 0 Å². The topological polar surface area (TPSA) is 55.8 Å². The summed E-state index contributed by atoms with van der Waals surface area (Å²) in [6.07, 6.45) is 2.04. The summed E-state index contributed by atoms with van der Waals surface area (Å²) >= 11 is 0. The van der Waals surface area contributed by atoms with Gasteiger partial charge in [-0.15, -0.1) is 0 Å². The van der Waals surface area contributed by atoms with E-state index in [0.29, 0.717) is 6.54 Å². The van der Waals surface area contributed by atoms with Gasteiger partial charge in [0.2, 0.25) is 0 Å². The molecule has 3 atom stereocenters. The molecule has 0 spiro atoms.